The third-order valence-electron chi connectivity index (χ3n) is 2.62. The second kappa shape index (κ2) is 7.15. The van der Waals surface area contributed by atoms with Gasteiger partial charge in [0.1, 0.15) is 0 Å². The molecule has 0 rings (SSSR count). The van der Waals surface area contributed by atoms with Gasteiger partial charge in [0.2, 0.25) is 0 Å². The lowest BCUT2D eigenvalue weighted by Gasteiger charge is -2.22. The Morgan fingerprint density at radius 3 is 2.50 bits per heavy atom. The Morgan fingerprint density at radius 2 is 2.06 bits per heavy atom. The van der Waals surface area contributed by atoms with E-state index in [1.54, 1.807) is 7.05 Å². The third-order valence-corrected chi connectivity index (χ3v) is 2.62. The number of nitrogens with zero attached hydrogens (tertiary/aromatic N) is 2. The van der Waals surface area contributed by atoms with E-state index in [0.29, 0.717) is 11.4 Å². The molecule has 0 saturated carbocycles. The van der Waals surface area contributed by atoms with Crippen LogP contribution in [-0.4, -0.2) is 40.3 Å². The molecule has 0 fully saturated rings. The van der Waals surface area contributed by atoms with Crippen LogP contribution in [0.2, 0.25) is 0 Å². The lowest BCUT2D eigenvalue weighted by atomic mass is 10.1. The van der Waals surface area contributed by atoms with Crippen molar-refractivity contribution in [3.63, 3.8) is 0 Å². The molecule has 0 bridgehead atoms. The van der Waals surface area contributed by atoms with E-state index in [1.807, 2.05) is 27.7 Å². The minimum absolute atomic E-state index is 0.0183. The van der Waals surface area contributed by atoms with Crippen molar-refractivity contribution in [1.82, 2.24) is 10.6 Å². The van der Waals surface area contributed by atoms with E-state index in [1.165, 1.54) is 5.01 Å². The van der Waals surface area contributed by atoms with Crippen LogP contribution in [0.3, 0.4) is 0 Å². The van der Waals surface area contributed by atoms with E-state index in [0.717, 1.165) is 0 Å². The van der Waals surface area contributed by atoms with Crippen LogP contribution in [0.1, 0.15) is 40.5 Å². The number of aliphatic carboxylic acids is 1. The molecule has 0 aromatic carbocycles. The fourth-order valence-electron chi connectivity index (χ4n) is 1.09. The molecule has 0 aliphatic heterocycles. The minimum atomic E-state index is -0.826. The van der Waals surface area contributed by atoms with Crippen molar-refractivity contribution in [2.24, 2.45) is 5.92 Å². The van der Waals surface area contributed by atoms with Crippen molar-refractivity contribution in [1.29, 1.82) is 0 Å². The van der Waals surface area contributed by atoms with Gasteiger partial charge >= 0.3 is 5.97 Å². The second-order valence-electron chi connectivity index (χ2n) is 5.40. The maximum Gasteiger partial charge on any atom is 0.303 e. The van der Waals surface area contributed by atoms with Crippen LogP contribution in [0.4, 0.5) is 0 Å². The van der Waals surface area contributed by atoms with Gasteiger partial charge in [-0.2, -0.15) is 0 Å². The summed E-state index contributed by atoms with van der Waals surface area (Å²) in [5, 5.41) is 10.0. The van der Waals surface area contributed by atoms with Crippen LogP contribution in [-0.2, 0) is 9.63 Å². The van der Waals surface area contributed by atoms with Gasteiger partial charge in [-0.25, -0.2) is 4.84 Å². The molecule has 0 spiro atoms. The standard InChI is InChI=1S/C11H23N3O4/c1-9(8-10(15)16)6-7-18-12-14(17)13(5)11(2,3)4/h9H,6-8H2,1-5H3,(H-,12,15,16,17)/p+1/t9-/m1/s1. The molecule has 0 aliphatic rings. The fraction of sp³-hybridized carbons (Fsp3) is 0.909. The van der Waals surface area contributed by atoms with Crippen molar-refractivity contribution < 1.29 is 19.7 Å². The highest BCUT2D eigenvalue weighted by molar-refractivity contribution is 5.66. The molecule has 0 saturated heterocycles. The normalized spacial score (nSPS) is 12.9. The van der Waals surface area contributed by atoms with Crippen molar-refractivity contribution in [2.75, 3.05) is 13.7 Å². The topological polar surface area (TPSA) is 81.9 Å². The molecule has 0 aromatic rings. The van der Waals surface area contributed by atoms with Crippen LogP contribution in [0.15, 0.2) is 0 Å². The Labute approximate surface area is 108 Å². The summed E-state index contributed by atoms with van der Waals surface area (Å²) in [6.07, 6.45) is 0.679. The number of rotatable bonds is 8. The summed E-state index contributed by atoms with van der Waals surface area (Å²) in [4.78, 5) is 27.5. The van der Waals surface area contributed by atoms with Crippen molar-refractivity contribution in [3.8, 4) is 0 Å². The zero-order chi connectivity index (χ0) is 14.3. The van der Waals surface area contributed by atoms with Gasteiger partial charge < -0.3 is 5.11 Å². The number of carboxylic acids is 1. The molecule has 106 valence electrons. The molecule has 0 heterocycles. The van der Waals surface area contributed by atoms with Crippen LogP contribution in [0.5, 0.6) is 0 Å². The molecule has 7 heteroatoms. The Bertz CT molecular complexity index is 289. The van der Waals surface area contributed by atoms with Gasteiger partial charge in [0, 0.05) is 12.0 Å². The maximum absolute atomic E-state index is 11.5. The molecule has 0 amide bonds. The summed E-state index contributed by atoms with van der Waals surface area (Å²) in [6, 6.07) is 0. The molecule has 0 unspecified atom stereocenters. The molecular formula is C11H24N3O4+. The SMILES string of the molecule is C[C@H](CCON[N+](=O)N(C)C(C)(C)C)CC(=O)O. The van der Waals surface area contributed by atoms with Crippen LogP contribution in [0.25, 0.3) is 0 Å². The molecule has 1 atom stereocenters. The van der Waals surface area contributed by atoms with E-state index in [-0.39, 0.29) is 24.5 Å². The van der Waals surface area contributed by atoms with Gasteiger partial charge in [0.15, 0.2) is 0 Å². The largest absolute Gasteiger partial charge is 0.481 e. The summed E-state index contributed by atoms with van der Waals surface area (Å²) >= 11 is 0. The molecule has 2 N–H and O–H groups in total. The first-order valence-electron chi connectivity index (χ1n) is 5.94. The van der Waals surface area contributed by atoms with Crippen molar-refractivity contribution in [3.05, 3.63) is 4.91 Å². The average molecular weight is 262 g/mol. The zero-order valence-corrected chi connectivity index (χ0v) is 11.8. The smallest absolute Gasteiger partial charge is 0.303 e. The predicted octanol–water partition coefficient (Wildman–Crippen LogP) is 1.35. The summed E-state index contributed by atoms with van der Waals surface area (Å²) < 4.78 is 0. The van der Waals surface area contributed by atoms with Crippen LogP contribution >= 0.6 is 0 Å². The molecule has 7 nitrogen and oxygen atoms in total. The highest BCUT2D eigenvalue weighted by Crippen LogP contribution is 2.09. The summed E-state index contributed by atoms with van der Waals surface area (Å²) in [6.45, 7) is 7.80. The number of nitrogens with one attached hydrogen (secondary N) is 1. The van der Waals surface area contributed by atoms with E-state index < -0.39 is 5.97 Å². The Morgan fingerprint density at radius 1 is 1.50 bits per heavy atom. The number of hydrazine groups is 2. The molecule has 18 heavy (non-hydrogen) atoms. The molecular weight excluding hydrogens is 238 g/mol. The predicted molar refractivity (Wildman–Crippen MR) is 66.3 cm³/mol. The monoisotopic (exact) mass is 262 g/mol. The first kappa shape index (κ1) is 16.6. The first-order chi connectivity index (χ1) is 8.14. The maximum atomic E-state index is 11.5. The van der Waals surface area contributed by atoms with Crippen LogP contribution in [0, 0.1) is 10.8 Å². The van der Waals surface area contributed by atoms with E-state index in [4.69, 9.17) is 9.94 Å². The van der Waals surface area contributed by atoms with Gasteiger partial charge in [-0.3, -0.25) is 4.79 Å². The fourth-order valence-corrected chi connectivity index (χ4v) is 1.09. The third kappa shape index (κ3) is 7.05. The zero-order valence-electron chi connectivity index (χ0n) is 11.8. The van der Waals surface area contributed by atoms with Crippen molar-refractivity contribution in [2.45, 2.75) is 46.1 Å². The Kier molecular flexibility index (Phi) is 6.61. The number of hydrogen-bond donors (Lipinski definition) is 2. The van der Waals surface area contributed by atoms with Gasteiger partial charge in [0.05, 0.1) is 24.1 Å². The minimum Gasteiger partial charge on any atom is -0.481 e. The van der Waals surface area contributed by atoms with E-state index in [9.17, 15) is 9.70 Å². The summed E-state index contributed by atoms with van der Waals surface area (Å²) in [5.74, 6) is -0.807. The Balaban J connectivity index is 3.79. The van der Waals surface area contributed by atoms with Gasteiger partial charge in [0.25, 0.3) is 4.98 Å². The summed E-state index contributed by atoms with van der Waals surface area (Å²) in [7, 11) is 1.65. The van der Waals surface area contributed by atoms with Crippen LogP contribution < -0.4 is 5.59 Å². The van der Waals surface area contributed by atoms with Gasteiger partial charge in [-0.15, -0.1) is 5.01 Å². The van der Waals surface area contributed by atoms with E-state index >= 15 is 0 Å². The van der Waals surface area contributed by atoms with Crippen molar-refractivity contribution >= 4 is 5.97 Å². The summed E-state index contributed by atoms with van der Waals surface area (Å²) in [5.41, 5.74) is 1.94. The van der Waals surface area contributed by atoms with Gasteiger partial charge in [-0.05, 0) is 33.1 Å². The lowest BCUT2D eigenvalue weighted by molar-refractivity contribution is -0.795. The molecule has 0 aromatic heterocycles. The highest BCUT2D eigenvalue weighted by atomic mass is 16.7. The average Bonchev–Trinajstić information content (AvgIpc) is 2.20. The quantitative estimate of drug-likeness (QED) is 0.390. The van der Waals surface area contributed by atoms with E-state index in [2.05, 4.69) is 5.59 Å². The second-order valence-corrected chi connectivity index (χ2v) is 5.40. The molecule has 0 aliphatic carbocycles. The number of nitroso groups, excluding NO2 is 1. The molecule has 0 radical (unpaired) electrons. The first-order valence-corrected chi connectivity index (χ1v) is 5.94. The number of hydrogen-bond acceptors (Lipinski definition) is 3. The van der Waals surface area contributed by atoms with Gasteiger partial charge in [-0.1, -0.05) is 6.92 Å². The Hall–Kier alpha value is -1.37. The lowest BCUT2D eigenvalue weighted by Crippen LogP contribution is -2.49. The highest BCUT2D eigenvalue weighted by Gasteiger charge is 2.29. The number of carbonyl (C=O) groups is 1. The number of carboxylic acid groups (broad SMARTS) is 1.